The van der Waals surface area contributed by atoms with Crippen LogP contribution in [0.15, 0.2) is 70.9 Å². The SMILES string of the molecule is COc1ccc(C2/C(=C(/O)c3ccc4c(c3)CCO4)C(=O)C(=O)N2Cc2ccco2)cc1. The molecule has 1 unspecified atom stereocenters. The molecule has 0 bridgehead atoms. The van der Waals surface area contributed by atoms with Gasteiger partial charge in [0.05, 0.1) is 38.1 Å². The number of fused-ring (bicyclic) bond motifs is 1. The van der Waals surface area contributed by atoms with Gasteiger partial charge in [0.15, 0.2) is 0 Å². The van der Waals surface area contributed by atoms with Crippen LogP contribution in [0.1, 0.15) is 28.5 Å². The molecule has 0 spiro atoms. The van der Waals surface area contributed by atoms with Crippen LogP contribution < -0.4 is 9.47 Å². The van der Waals surface area contributed by atoms with Crippen LogP contribution in [0, 0.1) is 0 Å². The van der Waals surface area contributed by atoms with Crippen LogP contribution in [-0.2, 0) is 22.6 Å². The number of benzene rings is 2. The number of carbonyl (C=O) groups excluding carboxylic acids is 2. The fourth-order valence-corrected chi connectivity index (χ4v) is 4.24. The fourth-order valence-electron chi connectivity index (χ4n) is 4.24. The first-order chi connectivity index (χ1) is 15.6. The van der Waals surface area contributed by atoms with Gasteiger partial charge in [-0.05, 0) is 53.6 Å². The van der Waals surface area contributed by atoms with Gasteiger partial charge in [0.2, 0.25) is 0 Å². The molecule has 0 saturated carbocycles. The number of likely N-dealkylation sites (tertiary alicyclic amines) is 1. The highest BCUT2D eigenvalue weighted by Crippen LogP contribution is 2.41. The third-order valence-corrected chi connectivity index (χ3v) is 5.84. The van der Waals surface area contributed by atoms with Crippen LogP contribution in [-0.4, -0.2) is 35.4 Å². The number of hydrogen-bond acceptors (Lipinski definition) is 6. The highest BCUT2D eigenvalue weighted by atomic mass is 16.5. The molecule has 2 aliphatic rings. The molecule has 1 aromatic heterocycles. The van der Waals surface area contributed by atoms with Gasteiger partial charge in [-0.1, -0.05) is 12.1 Å². The average molecular weight is 431 g/mol. The maximum atomic E-state index is 13.1. The van der Waals surface area contributed by atoms with Crippen molar-refractivity contribution in [1.82, 2.24) is 4.90 Å². The summed E-state index contributed by atoms with van der Waals surface area (Å²) in [4.78, 5) is 27.5. The van der Waals surface area contributed by atoms with E-state index in [0.717, 1.165) is 17.7 Å². The molecule has 7 heteroatoms. The van der Waals surface area contributed by atoms with Gasteiger partial charge in [-0.15, -0.1) is 0 Å². The number of ketones is 1. The first kappa shape index (κ1) is 19.9. The molecule has 0 aliphatic carbocycles. The van der Waals surface area contributed by atoms with Crippen molar-refractivity contribution in [2.45, 2.75) is 19.0 Å². The van der Waals surface area contributed by atoms with E-state index in [1.54, 1.807) is 55.6 Å². The zero-order chi connectivity index (χ0) is 22.2. The number of methoxy groups -OCH3 is 1. The van der Waals surface area contributed by atoms with Crippen LogP contribution >= 0.6 is 0 Å². The Morgan fingerprint density at radius 3 is 2.69 bits per heavy atom. The summed E-state index contributed by atoms with van der Waals surface area (Å²) in [6, 6.07) is 15.1. The van der Waals surface area contributed by atoms with Gasteiger partial charge in [-0.25, -0.2) is 0 Å². The van der Waals surface area contributed by atoms with Gasteiger partial charge in [-0.2, -0.15) is 0 Å². The van der Waals surface area contributed by atoms with Crippen LogP contribution in [0.5, 0.6) is 11.5 Å². The zero-order valence-electron chi connectivity index (χ0n) is 17.4. The van der Waals surface area contributed by atoms with Crippen molar-refractivity contribution in [2.75, 3.05) is 13.7 Å². The molecule has 162 valence electrons. The molecule has 1 amide bonds. The maximum absolute atomic E-state index is 13.1. The van der Waals surface area contributed by atoms with E-state index in [1.165, 1.54) is 11.2 Å². The van der Waals surface area contributed by atoms with E-state index in [0.29, 0.717) is 29.2 Å². The lowest BCUT2D eigenvalue weighted by molar-refractivity contribution is -0.140. The molecule has 32 heavy (non-hydrogen) atoms. The normalized spacial score (nSPS) is 19.2. The molecule has 1 atom stereocenters. The zero-order valence-corrected chi connectivity index (χ0v) is 17.4. The number of nitrogens with zero attached hydrogens (tertiary/aromatic N) is 1. The minimum Gasteiger partial charge on any atom is -0.507 e. The lowest BCUT2D eigenvalue weighted by atomic mass is 9.94. The number of aliphatic hydroxyl groups excluding tert-OH is 1. The number of rotatable bonds is 5. The fraction of sp³-hybridized carbons (Fsp3) is 0.200. The van der Waals surface area contributed by atoms with Crippen LogP contribution in [0.3, 0.4) is 0 Å². The van der Waals surface area contributed by atoms with Crippen LogP contribution in [0.2, 0.25) is 0 Å². The standard InChI is InChI=1S/C25H21NO6/c1-30-18-7-4-15(5-8-18)22-21(23(27)17-6-9-20-16(13-17)10-12-32-20)24(28)25(29)26(22)14-19-3-2-11-31-19/h2-9,11,13,22,27H,10,12,14H2,1H3/b23-21-. The second-order valence-electron chi connectivity index (χ2n) is 7.70. The summed E-state index contributed by atoms with van der Waals surface area (Å²) in [5.74, 6) is 0.336. The summed E-state index contributed by atoms with van der Waals surface area (Å²) in [7, 11) is 1.57. The van der Waals surface area contributed by atoms with Crippen LogP contribution in [0.25, 0.3) is 5.76 Å². The monoisotopic (exact) mass is 431 g/mol. The van der Waals surface area contributed by atoms with E-state index in [2.05, 4.69) is 0 Å². The van der Waals surface area contributed by atoms with Crippen molar-refractivity contribution in [1.29, 1.82) is 0 Å². The number of hydrogen-bond donors (Lipinski definition) is 1. The molecule has 1 fully saturated rings. The molecule has 1 saturated heterocycles. The Kier molecular flexibility index (Phi) is 4.93. The van der Waals surface area contributed by atoms with Gasteiger partial charge in [0.25, 0.3) is 11.7 Å². The smallest absolute Gasteiger partial charge is 0.296 e. The number of amides is 1. The summed E-state index contributed by atoms with van der Waals surface area (Å²) in [6.07, 6.45) is 2.24. The predicted molar refractivity (Wildman–Crippen MR) is 115 cm³/mol. The third kappa shape index (κ3) is 3.32. The minimum atomic E-state index is -0.768. The third-order valence-electron chi connectivity index (χ3n) is 5.84. The number of furan rings is 1. The first-order valence-corrected chi connectivity index (χ1v) is 10.3. The molecule has 2 aromatic carbocycles. The van der Waals surface area contributed by atoms with Crippen molar-refractivity contribution in [3.63, 3.8) is 0 Å². The summed E-state index contributed by atoms with van der Waals surface area (Å²) in [5, 5.41) is 11.2. The molecule has 7 nitrogen and oxygen atoms in total. The summed E-state index contributed by atoms with van der Waals surface area (Å²) < 4.78 is 16.2. The van der Waals surface area contributed by atoms with Gasteiger partial charge >= 0.3 is 0 Å². The Labute approximate surface area is 184 Å². The number of aliphatic hydroxyl groups is 1. The number of carbonyl (C=O) groups is 2. The summed E-state index contributed by atoms with van der Waals surface area (Å²) in [5.41, 5.74) is 2.16. The average Bonchev–Trinajstić information content (AvgIpc) is 3.55. The molecule has 3 heterocycles. The quantitative estimate of drug-likeness (QED) is 0.375. The van der Waals surface area contributed by atoms with Crippen LogP contribution in [0.4, 0.5) is 0 Å². The Morgan fingerprint density at radius 1 is 1.16 bits per heavy atom. The van der Waals surface area contributed by atoms with Crippen molar-refractivity contribution in [3.05, 3.63) is 88.9 Å². The number of ether oxygens (including phenoxy) is 2. The molecule has 1 N–H and O–H groups in total. The highest BCUT2D eigenvalue weighted by Gasteiger charge is 2.46. The van der Waals surface area contributed by atoms with Crippen molar-refractivity contribution < 1.29 is 28.6 Å². The summed E-state index contributed by atoms with van der Waals surface area (Å²) in [6.45, 7) is 0.683. The molecular formula is C25H21NO6. The molecule has 2 aliphatic heterocycles. The molecule has 3 aromatic rings. The Morgan fingerprint density at radius 2 is 1.97 bits per heavy atom. The first-order valence-electron chi connectivity index (χ1n) is 10.3. The highest BCUT2D eigenvalue weighted by molar-refractivity contribution is 6.46. The topological polar surface area (TPSA) is 89.2 Å². The minimum absolute atomic E-state index is 0.0468. The lowest BCUT2D eigenvalue weighted by Gasteiger charge is -2.24. The van der Waals surface area contributed by atoms with Gasteiger partial charge in [-0.3, -0.25) is 9.59 Å². The largest absolute Gasteiger partial charge is 0.507 e. The predicted octanol–water partition coefficient (Wildman–Crippen LogP) is 3.85. The van der Waals surface area contributed by atoms with Gasteiger partial charge in [0, 0.05) is 12.0 Å². The van der Waals surface area contributed by atoms with Crippen molar-refractivity contribution in [3.8, 4) is 11.5 Å². The van der Waals surface area contributed by atoms with E-state index in [1.807, 2.05) is 6.07 Å². The van der Waals surface area contributed by atoms with E-state index in [-0.39, 0.29) is 17.9 Å². The van der Waals surface area contributed by atoms with Crippen molar-refractivity contribution >= 4 is 17.4 Å². The van der Waals surface area contributed by atoms with E-state index >= 15 is 0 Å². The van der Waals surface area contributed by atoms with Crippen molar-refractivity contribution in [2.24, 2.45) is 0 Å². The second kappa shape index (κ2) is 7.92. The van der Waals surface area contributed by atoms with E-state index in [4.69, 9.17) is 13.9 Å². The molecular weight excluding hydrogens is 410 g/mol. The maximum Gasteiger partial charge on any atom is 0.296 e. The second-order valence-corrected chi connectivity index (χ2v) is 7.70. The van der Waals surface area contributed by atoms with Gasteiger partial charge < -0.3 is 23.9 Å². The van der Waals surface area contributed by atoms with E-state index < -0.39 is 17.7 Å². The molecule has 0 radical (unpaired) electrons. The Hall–Kier alpha value is -4.00. The lowest BCUT2D eigenvalue weighted by Crippen LogP contribution is -2.29. The number of Topliss-reactive ketones (excluding diaryl/α,β-unsaturated/α-hetero) is 1. The molecule has 5 rings (SSSR count). The summed E-state index contributed by atoms with van der Waals surface area (Å²) >= 11 is 0. The Bertz CT molecular complexity index is 1210. The Balaban J connectivity index is 1.63. The van der Waals surface area contributed by atoms with E-state index in [9.17, 15) is 14.7 Å². The van der Waals surface area contributed by atoms with Gasteiger partial charge in [0.1, 0.15) is 23.0 Å².